The number of aromatic nitrogens is 4. The van der Waals surface area contributed by atoms with E-state index >= 15 is 0 Å². The summed E-state index contributed by atoms with van der Waals surface area (Å²) < 4.78 is 0. The van der Waals surface area contributed by atoms with Gasteiger partial charge in [0, 0.05) is 21.5 Å². The third kappa shape index (κ3) is 8.18. The van der Waals surface area contributed by atoms with Crippen molar-refractivity contribution in [3.63, 3.8) is 0 Å². The topological polar surface area (TPSA) is 97.3 Å². The minimum atomic E-state index is -0.311. The number of fused-ring (bicyclic) bond motifs is 6. The Morgan fingerprint density at radius 2 is 0.453 bits per heavy atom. The van der Waals surface area contributed by atoms with Crippen molar-refractivity contribution >= 4 is 86.7 Å². The Hall–Kier alpha value is -6.66. The number of aromatic amines is 4. The molecule has 0 atom stereocenters. The van der Waals surface area contributed by atoms with E-state index in [2.05, 4.69) is 224 Å². The maximum atomic E-state index is 14.5. The molecule has 9 rings (SSSR count). The van der Waals surface area contributed by atoms with E-state index in [1.54, 1.807) is 0 Å². The van der Waals surface area contributed by atoms with Gasteiger partial charge in [0.2, 0.25) is 0 Å². The molecule has 0 aliphatic rings. The van der Waals surface area contributed by atoms with Gasteiger partial charge < -0.3 is 19.9 Å². The highest BCUT2D eigenvalue weighted by molar-refractivity contribution is 6.07. The average molecular weight is 845 g/mol. The number of benzene rings is 8. The molecule has 6 nitrogen and oxygen atoms in total. The lowest BCUT2D eigenvalue weighted by Gasteiger charge is -2.20. The van der Waals surface area contributed by atoms with Crippen LogP contribution >= 0.6 is 0 Å². The minimum absolute atomic E-state index is 0.158. The van der Waals surface area contributed by atoms with E-state index in [9.17, 15) is 9.59 Å². The quantitative estimate of drug-likeness (QED) is 0.122. The second kappa shape index (κ2) is 15.0. The normalized spacial score (nSPS) is 12.8. The SMILES string of the molecule is CC(C)(C)c1cc2ccc3cc2c(c1)[nH]c(=O)[nH]c1cc(C(C)(C)C)cc2ccc(cc21)c1ccc2cc(C(C)(C)C)cc([nH]c(=O)[nH]c4cc(C(C)(C)C)cc5ccc3cc54)c2c1. The summed E-state index contributed by atoms with van der Waals surface area (Å²) in [5.74, 6) is 0. The minimum Gasteiger partial charge on any atom is -0.307 e. The summed E-state index contributed by atoms with van der Waals surface area (Å²) in [7, 11) is 0. The summed E-state index contributed by atoms with van der Waals surface area (Å²) in [5, 5.41) is 11.9. The summed E-state index contributed by atoms with van der Waals surface area (Å²) in [4.78, 5) is 42.2. The fourth-order valence-electron chi connectivity index (χ4n) is 8.85. The molecule has 0 aliphatic heterocycles. The molecule has 6 heteroatoms. The van der Waals surface area contributed by atoms with Crippen molar-refractivity contribution in [3.8, 4) is 0 Å². The highest BCUT2D eigenvalue weighted by Gasteiger charge is 2.19. The molecule has 8 bridgehead atoms. The van der Waals surface area contributed by atoms with Gasteiger partial charge in [-0.3, -0.25) is 0 Å². The number of hydrogen-bond donors (Lipinski definition) is 4. The van der Waals surface area contributed by atoms with E-state index in [-0.39, 0.29) is 33.0 Å². The van der Waals surface area contributed by atoms with Crippen molar-refractivity contribution in [1.82, 2.24) is 19.9 Å². The van der Waals surface area contributed by atoms with Gasteiger partial charge in [0.25, 0.3) is 0 Å². The Labute approximate surface area is 374 Å². The highest BCUT2D eigenvalue weighted by atomic mass is 16.1. The second-order valence-corrected chi connectivity index (χ2v) is 22.0. The summed E-state index contributed by atoms with van der Waals surface area (Å²) >= 11 is 0. The average Bonchev–Trinajstić information content (AvgIpc) is 3.21. The second-order valence-electron chi connectivity index (χ2n) is 22.0. The Balaban J connectivity index is 1.50. The molecule has 0 spiro atoms. The zero-order valence-corrected chi connectivity index (χ0v) is 39.4. The van der Waals surface area contributed by atoms with Gasteiger partial charge in [-0.25, -0.2) is 9.59 Å². The predicted octanol–water partition coefficient (Wildman–Crippen LogP) is 14.9. The Morgan fingerprint density at radius 1 is 0.266 bits per heavy atom. The lowest BCUT2D eigenvalue weighted by Crippen LogP contribution is -2.13. The highest BCUT2D eigenvalue weighted by Crippen LogP contribution is 2.35. The first-order valence-electron chi connectivity index (χ1n) is 22.5. The molecule has 4 N–H and O–H groups in total. The van der Waals surface area contributed by atoms with Crippen LogP contribution in [-0.2, 0) is 21.7 Å². The van der Waals surface area contributed by atoms with Crippen molar-refractivity contribution in [2.24, 2.45) is 0 Å². The molecule has 64 heavy (non-hydrogen) atoms. The van der Waals surface area contributed by atoms with Gasteiger partial charge in [0.15, 0.2) is 0 Å². The molecule has 0 saturated carbocycles. The van der Waals surface area contributed by atoms with Crippen molar-refractivity contribution < 1.29 is 0 Å². The molecule has 0 unspecified atom stereocenters. The van der Waals surface area contributed by atoms with Crippen LogP contribution < -0.4 is 11.4 Å². The predicted molar refractivity (Wildman–Crippen MR) is 275 cm³/mol. The third-order valence-electron chi connectivity index (χ3n) is 12.9. The number of H-pyrrole nitrogens is 4. The van der Waals surface area contributed by atoms with Crippen LogP contribution in [-0.4, -0.2) is 19.9 Å². The lowest BCUT2D eigenvalue weighted by atomic mass is 9.85. The van der Waals surface area contributed by atoms with Gasteiger partial charge >= 0.3 is 11.4 Å². The van der Waals surface area contributed by atoms with E-state index in [4.69, 9.17) is 0 Å². The van der Waals surface area contributed by atoms with Gasteiger partial charge in [-0.2, -0.15) is 0 Å². The van der Waals surface area contributed by atoms with E-state index in [1.165, 1.54) is 0 Å². The van der Waals surface area contributed by atoms with Gasteiger partial charge in [0.05, 0.1) is 22.1 Å². The van der Waals surface area contributed by atoms with E-state index in [1.807, 2.05) is 0 Å². The van der Waals surface area contributed by atoms with Crippen LogP contribution in [0, 0.1) is 0 Å². The van der Waals surface area contributed by atoms with Gasteiger partial charge in [0.1, 0.15) is 0 Å². The molecule has 0 fully saturated rings. The largest absolute Gasteiger partial charge is 0.323 e. The maximum Gasteiger partial charge on any atom is 0.323 e. The summed E-state index contributed by atoms with van der Waals surface area (Å²) in [5.41, 5.74) is 6.17. The molecule has 8 aromatic carbocycles. The Morgan fingerprint density at radius 3 is 0.641 bits per heavy atom. The molecule has 9 aromatic rings. The van der Waals surface area contributed by atoms with E-state index in [0.29, 0.717) is 0 Å². The van der Waals surface area contributed by atoms with Crippen LogP contribution in [0.4, 0.5) is 0 Å². The zero-order chi connectivity index (χ0) is 45.7. The van der Waals surface area contributed by atoms with Crippen LogP contribution in [0.25, 0.3) is 86.7 Å². The summed E-state index contributed by atoms with van der Waals surface area (Å²) in [6.45, 7) is 26.3. The molecule has 324 valence electrons. The van der Waals surface area contributed by atoms with Crippen LogP contribution in [0.5, 0.6) is 0 Å². The van der Waals surface area contributed by atoms with Crippen molar-refractivity contribution in [3.05, 3.63) is 165 Å². The molecule has 0 aliphatic carbocycles. The van der Waals surface area contributed by atoms with Gasteiger partial charge in [-0.05, 0) is 136 Å². The first-order chi connectivity index (χ1) is 30.0. The molecule has 0 radical (unpaired) electrons. The van der Waals surface area contributed by atoms with E-state index < -0.39 is 0 Å². The van der Waals surface area contributed by atoms with E-state index in [0.717, 1.165) is 109 Å². The fraction of sp³-hybridized carbons (Fsp3) is 0.276. The summed E-state index contributed by atoms with van der Waals surface area (Å²) in [6, 6.07) is 43.1. The van der Waals surface area contributed by atoms with Crippen LogP contribution in [0.15, 0.2) is 131 Å². The van der Waals surface area contributed by atoms with Crippen molar-refractivity contribution in [2.75, 3.05) is 0 Å². The van der Waals surface area contributed by atoms with Crippen LogP contribution in [0.2, 0.25) is 0 Å². The molecule has 0 amide bonds. The van der Waals surface area contributed by atoms with Crippen molar-refractivity contribution in [1.29, 1.82) is 0 Å². The molecule has 1 aromatic heterocycles. The Bertz CT molecular complexity index is 3210. The number of hydrogen-bond acceptors (Lipinski definition) is 2. The van der Waals surface area contributed by atoms with Gasteiger partial charge in [-0.15, -0.1) is 0 Å². The molecule has 0 saturated heterocycles. The number of rotatable bonds is 0. The Kier molecular flexibility index (Phi) is 9.98. The van der Waals surface area contributed by atoms with Crippen LogP contribution in [0.3, 0.4) is 0 Å². The maximum absolute atomic E-state index is 14.5. The number of nitrogens with one attached hydrogen (secondary N) is 4. The fourth-order valence-corrected chi connectivity index (χ4v) is 8.85. The monoisotopic (exact) mass is 844 g/mol. The first-order valence-corrected chi connectivity index (χ1v) is 22.5. The third-order valence-corrected chi connectivity index (χ3v) is 12.9. The zero-order valence-electron chi connectivity index (χ0n) is 39.4. The first kappa shape index (κ1) is 42.6. The standard InChI is InChI=1S/C58H60N4O2/c1-55(2,3)41-21-37-17-13-33-25-45(37)49(29-41)59-53(63)60-50-30-42(56(4,5)6)22-38-19-15-35(27-46(38)50)36-16-20-40-24-44(58(10,11)12)32-52(48(40)28-36)62-54(64)61-51-31-43(57(7,8)9)23-39-18-14-34(33)26-47(39)51/h13-32H,1-12H3,(H2,59,60,63)(H2,61,62,64). The lowest BCUT2D eigenvalue weighted by molar-refractivity contribution is 0.591. The van der Waals surface area contributed by atoms with Crippen LogP contribution in [0.1, 0.15) is 105 Å². The summed E-state index contributed by atoms with van der Waals surface area (Å²) in [6.07, 6.45) is 0. The molecular weight excluding hydrogens is 785 g/mol. The smallest absolute Gasteiger partial charge is 0.307 e. The van der Waals surface area contributed by atoms with Gasteiger partial charge in [-0.1, -0.05) is 156 Å². The molecular formula is C58H60N4O2. The van der Waals surface area contributed by atoms with Crippen molar-refractivity contribution in [2.45, 2.75) is 105 Å². The molecule has 1 heterocycles.